The number of aryl methyl sites for hydroxylation is 1. The molecule has 5 rings (SSSR count). The number of allylic oxidation sites excluding steroid dienone is 1. The predicted molar refractivity (Wildman–Crippen MR) is 118 cm³/mol. The molecule has 1 aliphatic carbocycles. The first kappa shape index (κ1) is 22.0. The van der Waals surface area contributed by atoms with Crippen LogP contribution in [0.4, 0.5) is 13.2 Å². The average Bonchev–Trinajstić information content (AvgIpc) is 3.52. The highest BCUT2D eigenvalue weighted by Crippen LogP contribution is 2.40. The van der Waals surface area contributed by atoms with Crippen LogP contribution in [0.3, 0.4) is 0 Å². The minimum atomic E-state index is -4.25. The van der Waals surface area contributed by atoms with Crippen molar-refractivity contribution < 1.29 is 17.9 Å². The molecule has 0 unspecified atom stereocenters. The Morgan fingerprint density at radius 2 is 2.03 bits per heavy atom. The summed E-state index contributed by atoms with van der Waals surface area (Å²) in [6.07, 6.45) is 3.87. The molecule has 1 saturated carbocycles. The van der Waals surface area contributed by atoms with Crippen LogP contribution in [0.2, 0.25) is 0 Å². The number of rotatable bonds is 6. The Hall–Kier alpha value is -2.81. The number of hydrogen-bond acceptors (Lipinski definition) is 5. The molecule has 2 fully saturated rings. The highest BCUT2D eigenvalue weighted by Gasteiger charge is 2.31. The van der Waals surface area contributed by atoms with Crippen LogP contribution in [0.5, 0.6) is 0 Å². The molecular weight excluding hydrogens is 431 g/mol. The second-order valence-electron chi connectivity index (χ2n) is 9.06. The summed E-state index contributed by atoms with van der Waals surface area (Å²) < 4.78 is 46.5. The Kier molecular flexibility index (Phi) is 5.68. The quantitative estimate of drug-likeness (QED) is 0.464. The number of ether oxygens (including phenoxy) is 1. The summed E-state index contributed by atoms with van der Waals surface area (Å²) in [5.74, 6) is 0.0916. The fourth-order valence-corrected chi connectivity index (χ4v) is 4.36. The van der Waals surface area contributed by atoms with E-state index in [1.165, 1.54) is 0 Å². The van der Waals surface area contributed by atoms with Gasteiger partial charge < -0.3 is 4.74 Å². The van der Waals surface area contributed by atoms with Crippen LogP contribution in [0, 0.1) is 6.92 Å². The van der Waals surface area contributed by atoms with Gasteiger partial charge in [-0.25, -0.2) is 4.98 Å². The van der Waals surface area contributed by atoms with E-state index in [-0.39, 0.29) is 18.4 Å². The van der Waals surface area contributed by atoms with Crippen LogP contribution < -0.4 is 0 Å². The number of nitrogens with zero attached hydrogens (tertiary/aromatic N) is 5. The molecule has 3 aromatic heterocycles. The molecule has 0 N–H and O–H groups in total. The smallest absolute Gasteiger partial charge is 0.373 e. The maximum absolute atomic E-state index is 12.8. The van der Waals surface area contributed by atoms with E-state index in [1.54, 1.807) is 6.20 Å². The number of aromatic nitrogens is 5. The lowest BCUT2D eigenvalue weighted by molar-refractivity contribution is -0.133. The zero-order valence-corrected chi connectivity index (χ0v) is 18.5. The zero-order valence-electron chi connectivity index (χ0n) is 18.5. The molecule has 1 aliphatic heterocycles. The van der Waals surface area contributed by atoms with Crippen molar-refractivity contribution in [1.29, 1.82) is 0 Å². The van der Waals surface area contributed by atoms with Crippen molar-refractivity contribution in [3.05, 3.63) is 53.9 Å². The number of halogens is 3. The van der Waals surface area contributed by atoms with Gasteiger partial charge in [-0.05, 0) is 50.7 Å². The van der Waals surface area contributed by atoms with Gasteiger partial charge in [0.25, 0.3) is 0 Å². The van der Waals surface area contributed by atoms with Gasteiger partial charge in [0, 0.05) is 42.6 Å². The number of alkyl halides is 3. The molecule has 9 heteroatoms. The van der Waals surface area contributed by atoms with E-state index in [2.05, 4.69) is 27.8 Å². The van der Waals surface area contributed by atoms with Crippen molar-refractivity contribution in [2.24, 2.45) is 0 Å². The minimum Gasteiger partial charge on any atom is -0.373 e. The van der Waals surface area contributed by atoms with E-state index in [1.807, 2.05) is 23.9 Å². The Labute approximate surface area is 189 Å². The molecule has 0 bridgehead atoms. The van der Waals surface area contributed by atoms with Crippen LogP contribution in [0.15, 0.2) is 31.2 Å². The number of hydrogen-bond donors (Lipinski definition) is 0. The lowest BCUT2D eigenvalue weighted by Gasteiger charge is -2.29. The largest absolute Gasteiger partial charge is 0.389 e. The van der Waals surface area contributed by atoms with Crippen LogP contribution >= 0.6 is 0 Å². The molecule has 2 atom stereocenters. The maximum atomic E-state index is 12.8. The molecule has 0 radical (unpaired) electrons. The first-order valence-electron chi connectivity index (χ1n) is 11.3. The first-order chi connectivity index (χ1) is 15.8. The second kappa shape index (κ2) is 8.52. The van der Waals surface area contributed by atoms with Crippen molar-refractivity contribution in [1.82, 2.24) is 24.7 Å². The van der Waals surface area contributed by atoms with Gasteiger partial charge in [-0.1, -0.05) is 6.58 Å². The fourth-order valence-electron chi connectivity index (χ4n) is 4.36. The van der Waals surface area contributed by atoms with Gasteiger partial charge in [0.05, 0.1) is 35.2 Å². The first-order valence-corrected chi connectivity index (χ1v) is 11.3. The van der Waals surface area contributed by atoms with E-state index in [9.17, 15) is 13.2 Å². The summed E-state index contributed by atoms with van der Waals surface area (Å²) in [7, 11) is 0. The van der Waals surface area contributed by atoms with Gasteiger partial charge in [0.15, 0.2) is 0 Å². The summed E-state index contributed by atoms with van der Waals surface area (Å²) in [5.41, 5.74) is 4.45. The van der Waals surface area contributed by atoms with Crippen molar-refractivity contribution >= 4 is 16.6 Å². The van der Waals surface area contributed by atoms with Crippen LogP contribution in [-0.4, -0.2) is 37.5 Å². The third-order valence-corrected chi connectivity index (χ3v) is 6.33. The molecule has 3 aromatic rings. The summed E-state index contributed by atoms with van der Waals surface area (Å²) in [4.78, 5) is 13.8. The molecule has 0 amide bonds. The van der Waals surface area contributed by atoms with Gasteiger partial charge in [-0.15, -0.1) is 0 Å². The van der Waals surface area contributed by atoms with Crippen LogP contribution in [0.25, 0.3) is 16.6 Å². The summed E-state index contributed by atoms with van der Waals surface area (Å²) in [6, 6.07) is 2.42. The molecule has 2 aliphatic rings. The minimum absolute atomic E-state index is 0.0887. The maximum Gasteiger partial charge on any atom is 0.389 e. The zero-order chi connectivity index (χ0) is 23.2. The summed E-state index contributed by atoms with van der Waals surface area (Å²) >= 11 is 0. The Morgan fingerprint density at radius 3 is 2.79 bits per heavy atom. The lowest BCUT2D eigenvalue weighted by Crippen LogP contribution is -2.19. The molecular formula is C24H26F3N5O. The second-order valence-corrected chi connectivity index (χ2v) is 9.06. The van der Waals surface area contributed by atoms with Gasteiger partial charge in [-0.3, -0.25) is 14.6 Å². The summed E-state index contributed by atoms with van der Waals surface area (Å²) in [5, 5.41) is 4.48. The predicted octanol–water partition coefficient (Wildman–Crippen LogP) is 5.86. The normalized spacial score (nSPS) is 21.5. The van der Waals surface area contributed by atoms with E-state index in [0.717, 1.165) is 42.6 Å². The van der Waals surface area contributed by atoms with Crippen LogP contribution in [0.1, 0.15) is 79.2 Å². The molecule has 174 valence electrons. The van der Waals surface area contributed by atoms with Gasteiger partial charge in [0.2, 0.25) is 0 Å². The van der Waals surface area contributed by atoms with Gasteiger partial charge in [0.1, 0.15) is 5.52 Å². The molecule has 0 aromatic carbocycles. The van der Waals surface area contributed by atoms with Crippen molar-refractivity contribution in [3.63, 3.8) is 0 Å². The van der Waals surface area contributed by atoms with Crippen molar-refractivity contribution in [2.75, 3.05) is 6.61 Å². The average molecular weight is 458 g/mol. The molecule has 33 heavy (non-hydrogen) atoms. The Bertz CT molecular complexity index is 1180. The summed E-state index contributed by atoms with van der Waals surface area (Å²) in [6.45, 7) is 6.33. The molecule has 6 nitrogen and oxygen atoms in total. The van der Waals surface area contributed by atoms with E-state index in [0.29, 0.717) is 34.9 Å². The third-order valence-electron chi connectivity index (χ3n) is 6.33. The standard InChI is InChI=1S/C24H26F3N5O/c1-14(5-7-24(25,26)27)22-23-20(30-15(2)11-28-23)10-19(31-22)16-6-8-33-21(9-16)17-12-29-32(13-17)18-3-4-18/h10-13,16,18,21H,1,3-9H2,2H3/t16-,21+/m0/s1. The van der Waals surface area contributed by atoms with Gasteiger partial charge >= 0.3 is 6.18 Å². The molecule has 1 saturated heterocycles. The van der Waals surface area contributed by atoms with E-state index < -0.39 is 12.6 Å². The van der Waals surface area contributed by atoms with Crippen molar-refractivity contribution in [2.45, 2.75) is 69.7 Å². The van der Waals surface area contributed by atoms with Gasteiger partial charge in [-0.2, -0.15) is 18.3 Å². The Morgan fingerprint density at radius 1 is 1.21 bits per heavy atom. The van der Waals surface area contributed by atoms with Crippen LogP contribution in [-0.2, 0) is 4.74 Å². The van der Waals surface area contributed by atoms with E-state index in [4.69, 9.17) is 9.72 Å². The topological polar surface area (TPSA) is 65.7 Å². The molecule has 4 heterocycles. The number of pyridine rings is 1. The van der Waals surface area contributed by atoms with E-state index >= 15 is 0 Å². The monoisotopic (exact) mass is 457 g/mol. The highest BCUT2D eigenvalue weighted by molar-refractivity contribution is 5.86. The van der Waals surface area contributed by atoms with Crippen molar-refractivity contribution in [3.8, 4) is 0 Å². The highest BCUT2D eigenvalue weighted by atomic mass is 19.4. The lowest BCUT2D eigenvalue weighted by atomic mass is 9.89. The third kappa shape index (κ3) is 4.93. The Balaban J connectivity index is 1.44. The SMILES string of the molecule is C=C(CCC(F)(F)F)c1nc([C@H]2CCO[C@@H](c3cnn(C4CC4)c3)C2)cc2nc(C)cnc12. The number of fused-ring (bicyclic) bond motifs is 1. The molecule has 0 spiro atoms. The fraction of sp³-hybridized carbons (Fsp3) is 0.500.